The van der Waals surface area contributed by atoms with Crippen LogP contribution in [0.1, 0.15) is 19.3 Å². The molecule has 2 fully saturated rings. The number of hydrogen-bond donors (Lipinski definition) is 2. The molecule has 28 heavy (non-hydrogen) atoms. The number of nitrogens with one attached hydrogen (secondary N) is 1. The third-order valence-corrected chi connectivity index (χ3v) is 5.96. The van der Waals surface area contributed by atoms with Crippen LogP contribution in [-0.2, 0) is 0 Å². The number of phenolic OH excluding ortho intramolecular Hbond substituents is 1. The van der Waals surface area contributed by atoms with Gasteiger partial charge in [0.15, 0.2) is 11.6 Å². The van der Waals surface area contributed by atoms with E-state index in [2.05, 4.69) is 25.5 Å². The standard InChI is InChI=1S/C20H21FN6O/c1-27(16-8-13-2-3-15(24-13)19(16)21)18-10-23-20(26-25-18)14-6-11-4-5-22-9-12(11)7-17(14)28/h4-7,9-10,13,15-16,19,24,28H,2-3,8H2,1H3/t13?,15?,16-,19+/m1/s1. The van der Waals surface area contributed by atoms with Crippen LogP contribution < -0.4 is 10.2 Å². The lowest BCUT2D eigenvalue weighted by molar-refractivity contribution is 0.176. The van der Waals surface area contributed by atoms with E-state index in [-0.39, 0.29) is 17.8 Å². The SMILES string of the molecule is CN(c1cnc(-c2cc3ccncc3cc2O)nn1)[C@@H]1CC2CCC(N2)[C@@H]1F. The predicted octanol–water partition coefficient (Wildman–Crippen LogP) is 2.46. The summed E-state index contributed by atoms with van der Waals surface area (Å²) in [7, 11) is 1.84. The Morgan fingerprint density at radius 1 is 1.18 bits per heavy atom. The highest BCUT2D eigenvalue weighted by Crippen LogP contribution is 2.34. The molecule has 0 spiro atoms. The van der Waals surface area contributed by atoms with Crippen molar-refractivity contribution in [1.29, 1.82) is 0 Å². The lowest BCUT2D eigenvalue weighted by atomic mass is 9.96. The quantitative estimate of drug-likeness (QED) is 0.722. The number of aromatic nitrogens is 4. The van der Waals surface area contributed by atoms with E-state index < -0.39 is 6.17 Å². The maximum Gasteiger partial charge on any atom is 0.185 e. The van der Waals surface area contributed by atoms with Gasteiger partial charge in [-0.15, -0.1) is 10.2 Å². The van der Waals surface area contributed by atoms with Gasteiger partial charge in [0.05, 0.1) is 17.8 Å². The molecular formula is C20H21FN6O. The maximum atomic E-state index is 14.8. The number of piperidine rings is 1. The molecule has 2 bridgehead atoms. The fourth-order valence-electron chi connectivity index (χ4n) is 4.38. The van der Waals surface area contributed by atoms with E-state index in [1.54, 1.807) is 24.7 Å². The Morgan fingerprint density at radius 3 is 2.89 bits per heavy atom. The van der Waals surface area contributed by atoms with Gasteiger partial charge in [-0.2, -0.15) is 0 Å². The van der Waals surface area contributed by atoms with Gasteiger partial charge in [0.1, 0.15) is 11.9 Å². The van der Waals surface area contributed by atoms with Crippen LogP contribution in [0.3, 0.4) is 0 Å². The Morgan fingerprint density at radius 2 is 2.07 bits per heavy atom. The van der Waals surface area contributed by atoms with E-state index in [0.29, 0.717) is 23.2 Å². The highest BCUT2D eigenvalue weighted by atomic mass is 19.1. The number of fused-ring (bicyclic) bond motifs is 3. The molecule has 4 atom stereocenters. The number of benzene rings is 1. The monoisotopic (exact) mass is 380 g/mol. The second kappa shape index (κ2) is 6.63. The van der Waals surface area contributed by atoms with Gasteiger partial charge in [-0.25, -0.2) is 9.37 Å². The van der Waals surface area contributed by atoms with E-state index in [9.17, 15) is 9.50 Å². The van der Waals surface area contributed by atoms with Crippen LogP contribution in [0.2, 0.25) is 0 Å². The molecule has 0 saturated carbocycles. The molecule has 0 amide bonds. The summed E-state index contributed by atoms with van der Waals surface area (Å²) in [5.41, 5.74) is 0.503. The first-order chi connectivity index (χ1) is 13.6. The van der Waals surface area contributed by atoms with Gasteiger partial charge in [-0.3, -0.25) is 4.98 Å². The molecule has 2 unspecified atom stereocenters. The first-order valence-corrected chi connectivity index (χ1v) is 9.50. The van der Waals surface area contributed by atoms with Crippen molar-refractivity contribution in [3.63, 3.8) is 0 Å². The number of pyridine rings is 1. The zero-order valence-corrected chi connectivity index (χ0v) is 15.5. The van der Waals surface area contributed by atoms with Gasteiger partial charge in [0.2, 0.25) is 0 Å². The van der Waals surface area contributed by atoms with Crippen LogP contribution in [0.4, 0.5) is 10.2 Å². The summed E-state index contributed by atoms with van der Waals surface area (Å²) >= 11 is 0. The maximum absolute atomic E-state index is 14.8. The van der Waals surface area contributed by atoms with Gasteiger partial charge in [-0.05, 0) is 42.8 Å². The molecular weight excluding hydrogens is 359 g/mol. The van der Waals surface area contributed by atoms with Gasteiger partial charge in [0, 0.05) is 36.9 Å². The number of alkyl halides is 1. The molecule has 4 heterocycles. The van der Waals surface area contributed by atoms with Crippen molar-refractivity contribution in [2.24, 2.45) is 0 Å². The van der Waals surface area contributed by atoms with Crippen molar-refractivity contribution in [3.8, 4) is 17.1 Å². The number of anilines is 1. The molecule has 2 aromatic heterocycles. The van der Waals surface area contributed by atoms with Crippen LogP contribution in [-0.4, -0.2) is 56.6 Å². The van der Waals surface area contributed by atoms with Crippen molar-refractivity contribution in [2.75, 3.05) is 11.9 Å². The molecule has 2 aliphatic rings. The van der Waals surface area contributed by atoms with Crippen molar-refractivity contribution in [1.82, 2.24) is 25.5 Å². The minimum Gasteiger partial charge on any atom is -0.507 e. The summed E-state index contributed by atoms with van der Waals surface area (Å²) in [5.74, 6) is 0.930. The highest BCUT2D eigenvalue weighted by Gasteiger charge is 2.43. The second-order valence-corrected chi connectivity index (χ2v) is 7.64. The highest BCUT2D eigenvalue weighted by molar-refractivity contribution is 5.88. The first kappa shape index (κ1) is 17.2. The Balaban J connectivity index is 1.42. The van der Waals surface area contributed by atoms with E-state index in [0.717, 1.165) is 30.0 Å². The number of aromatic hydroxyl groups is 1. The smallest absolute Gasteiger partial charge is 0.185 e. The molecule has 0 radical (unpaired) electrons. The number of nitrogens with zero attached hydrogens (tertiary/aromatic N) is 5. The van der Waals surface area contributed by atoms with Crippen molar-refractivity contribution < 1.29 is 9.50 Å². The molecule has 3 aromatic rings. The number of halogens is 1. The van der Waals surface area contributed by atoms with Gasteiger partial charge in [0.25, 0.3) is 0 Å². The fourth-order valence-corrected chi connectivity index (χ4v) is 4.38. The van der Waals surface area contributed by atoms with Crippen molar-refractivity contribution in [2.45, 2.75) is 43.6 Å². The van der Waals surface area contributed by atoms with Crippen LogP contribution in [0.15, 0.2) is 36.8 Å². The second-order valence-electron chi connectivity index (χ2n) is 7.64. The molecule has 1 aromatic carbocycles. The van der Waals surface area contributed by atoms with Gasteiger partial charge in [-0.1, -0.05) is 0 Å². The van der Waals surface area contributed by atoms with E-state index >= 15 is 0 Å². The first-order valence-electron chi connectivity index (χ1n) is 9.50. The zero-order chi connectivity index (χ0) is 19.3. The molecule has 5 rings (SSSR count). The molecule has 2 saturated heterocycles. The predicted molar refractivity (Wildman–Crippen MR) is 104 cm³/mol. The summed E-state index contributed by atoms with van der Waals surface area (Å²) < 4.78 is 14.8. The molecule has 8 heteroatoms. The van der Waals surface area contributed by atoms with Gasteiger partial charge < -0.3 is 15.3 Å². The lowest BCUT2D eigenvalue weighted by Gasteiger charge is -2.38. The van der Waals surface area contributed by atoms with Crippen LogP contribution >= 0.6 is 0 Å². The third kappa shape index (κ3) is 2.84. The van der Waals surface area contributed by atoms with E-state index in [4.69, 9.17) is 0 Å². The lowest BCUT2D eigenvalue weighted by Crippen LogP contribution is -2.55. The Kier molecular flexibility index (Phi) is 4.08. The zero-order valence-electron chi connectivity index (χ0n) is 15.5. The topological polar surface area (TPSA) is 87.1 Å². The molecule has 2 N–H and O–H groups in total. The Labute approximate surface area is 161 Å². The van der Waals surface area contributed by atoms with Gasteiger partial charge >= 0.3 is 0 Å². The average molecular weight is 380 g/mol. The van der Waals surface area contributed by atoms with Crippen molar-refractivity contribution >= 4 is 16.6 Å². The summed E-state index contributed by atoms with van der Waals surface area (Å²) in [6.45, 7) is 0. The fraction of sp³-hybridized carbons (Fsp3) is 0.400. The van der Waals surface area contributed by atoms with Crippen LogP contribution in [0.25, 0.3) is 22.2 Å². The normalized spacial score (nSPS) is 26.5. The molecule has 2 aliphatic heterocycles. The summed E-state index contributed by atoms with van der Waals surface area (Å²) in [4.78, 5) is 10.3. The van der Waals surface area contributed by atoms with E-state index in [1.807, 2.05) is 24.1 Å². The third-order valence-electron chi connectivity index (χ3n) is 5.96. The Bertz CT molecular complexity index is 1010. The number of phenols is 1. The van der Waals surface area contributed by atoms with Crippen LogP contribution in [0, 0.1) is 0 Å². The molecule has 144 valence electrons. The largest absolute Gasteiger partial charge is 0.507 e. The summed E-state index contributed by atoms with van der Waals surface area (Å²) in [6.07, 6.45) is 6.69. The Hall–Kier alpha value is -2.87. The summed E-state index contributed by atoms with van der Waals surface area (Å²) in [6, 6.07) is 5.38. The summed E-state index contributed by atoms with van der Waals surface area (Å²) in [5, 5.41) is 23.9. The molecule has 7 nitrogen and oxygen atoms in total. The minimum absolute atomic E-state index is 0.0714. The number of hydrogen-bond acceptors (Lipinski definition) is 7. The minimum atomic E-state index is -0.941. The molecule has 0 aliphatic carbocycles. The van der Waals surface area contributed by atoms with E-state index in [1.165, 1.54) is 0 Å². The van der Waals surface area contributed by atoms with Crippen molar-refractivity contribution in [3.05, 3.63) is 36.8 Å². The average Bonchev–Trinajstić information content (AvgIpc) is 3.13. The number of rotatable bonds is 3. The van der Waals surface area contributed by atoms with Crippen LogP contribution in [0.5, 0.6) is 5.75 Å².